The summed E-state index contributed by atoms with van der Waals surface area (Å²) < 4.78 is 25.4. The van der Waals surface area contributed by atoms with Gasteiger partial charge in [0.1, 0.15) is 0 Å². The van der Waals surface area contributed by atoms with Crippen molar-refractivity contribution in [1.82, 2.24) is 4.31 Å². The van der Waals surface area contributed by atoms with Crippen LogP contribution in [0, 0.1) is 6.92 Å². The van der Waals surface area contributed by atoms with Gasteiger partial charge in [-0.1, -0.05) is 30.3 Å². The van der Waals surface area contributed by atoms with Crippen molar-refractivity contribution in [3.05, 3.63) is 59.7 Å². The molecule has 2 aromatic carbocycles. The second-order valence-corrected chi connectivity index (χ2v) is 9.20. The van der Waals surface area contributed by atoms with Crippen LogP contribution in [0.2, 0.25) is 0 Å². The second kappa shape index (κ2) is 8.75. The van der Waals surface area contributed by atoms with E-state index in [-0.39, 0.29) is 19.0 Å². The molecule has 0 spiro atoms. The smallest absolute Gasteiger partial charge is 0.239 e. The maximum Gasteiger partial charge on any atom is 0.239 e. The zero-order chi connectivity index (χ0) is 21.0. The highest BCUT2D eigenvalue weighted by molar-refractivity contribution is 7.88. The summed E-state index contributed by atoms with van der Waals surface area (Å²) in [5, 5.41) is 2.75. The summed E-state index contributed by atoms with van der Waals surface area (Å²) in [5.41, 5.74) is 3.09. The molecule has 1 fully saturated rings. The second-order valence-electron chi connectivity index (χ2n) is 7.22. The Morgan fingerprint density at radius 2 is 1.90 bits per heavy atom. The molecule has 2 amide bonds. The molecule has 0 radical (unpaired) electrons. The van der Waals surface area contributed by atoms with Gasteiger partial charge in [-0.2, -0.15) is 4.31 Å². The van der Waals surface area contributed by atoms with Gasteiger partial charge in [-0.05, 0) is 42.7 Å². The Morgan fingerprint density at radius 1 is 1.17 bits per heavy atom. The lowest BCUT2D eigenvalue weighted by Gasteiger charge is -2.21. The Morgan fingerprint density at radius 3 is 2.48 bits per heavy atom. The van der Waals surface area contributed by atoms with Crippen LogP contribution in [0.1, 0.15) is 24.0 Å². The van der Waals surface area contributed by atoms with Gasteiger partial charge in [-0.15, -0.1) is 0 Å². The molecule has 0 unspecified atom stereocenters. The van der Waals surface area contributed by atoms with Gasteiger partial charge < -0.3 is 10.2 Å². The summed E-state index contributed by atoms with van der Waals surface area (Å²) in [6, 6.07) is 14.5. The van der Waals surface area contributed by atoms with Crippen LogP contribution < -0.4 is 10.2 Å². The normalized spacial score (nSPS) is 14.4. The summed E-state index contributed by atoms with van der Waals surface area (Å²) in [6.07, 6.45) is 2.50. The van der Waals surface area contributed by atoms with Gasteiger partial charge in [0.2, 0.25) is 21.8 Å². The van der Waals surface area contributed by atoms with E-state index in [1.165, 1.54) is 0 Å². The van der Waals surface area contributed by atoms with Crippen LogP contribution in [0.5, 0.6) is 0 Å². The number of nitrogens with one attached hydrogen (secondary N) is 1. The number of aryl methyl sites for hydroxylation is 1. The van der Waals surface area contributed by atoms with Crippen LogP contribution in [-0.2, 0) is 26.2 Å². The first-order valence-corrected chi connectivity index (χ1v) is 11.3. The molecule has 0 aliphatic carbocycles. The summed E-state index contributed by atoms with van der Waals surface area (Å²) >= 11 is 0. The van der Waals surface area contributed by atoms with Gasteiger partial charge in [0, 0.05) is 30.9 Å². The Kier molecular flexibility index (Phi) is 6.34. The van der Waals surface area contributed by atoms with Crippen LogP contribution in [0.3, 0.4) is 0 Å². The van der Waals surface area contributed by atoms with Gasteiger partial charge >= 0.3 is 0 Å². The minimum absolute atomic E-state index is 0.106. The van der Waals surface area contributed by atoms with Crippen molar-refractivity contribution in [2.24, 2.45) is 0 Å². The van der Waals surface area contributed by atoms with Crippen molar-refractivity contribution in [2.75, 3.05) is 29.6 Å². The molecule has 1 heterocycles. The van der Waals surface area contributed by atoms with Gasteiger partial charge in [0.25, 0.3) is 0 Å². The largest absolute Gasteiger partial charge is 0.325 e. The van der Waals surface area contributed by atoms with Gasteiger partial charge in [-0.25, -0.2) is 8.42 Å². The van der Waals surface area contributed by atoms with Crippen LogP contribution in [0.4, 0.5) is 11.4 Å². The van der Waals surface area contributed by atoms with Gasteiger partial charge in [0.05, 0.1) is 12.8 Å². The molecule has 1 saturated heterocycles. The van der Waals surface area contributed by atoms with E-state index in [2.05, 4.69) is 5.32 Å². The number of rotatable bonds is 7. The molecule has 0 aromatic heterocycles. The van der Waals surface area contributed by atoms with E-state index in [1.807, 2.05) is 43.3 Å². The number of anilines is 2. The average molecular weight is 416 g/mol. The van der Waals surface area contributed by atoms with Crippen molar-refractivity contribution < 1.29 is 18.0 Å². The molecule has 0 atom stereocenters. The first-order chi connectivity index (χ1) is 13.7. The first-order valence-electron chi connectivity index (χ1n) is 9.44. The van der Waals surface area contributed by atoms with Crippen LogP contribution in [0.25, 0.3) is 0 Å². The first kappa shape index (κ1) is 21.0. The SMILES string of the molecule is Cc1cc(NC(=O)CN(Cc2ccccc2)S(C)(=O)=O)ccc1N1CCCC1=O. The number of hydrogen-bond acceptors (Lipinski definition) is 4. The lowest BCUT2D eigenvalue weighted by molar-refractivity contribution is -0.117. The summed E-state index contributed by atoms with van der Waals surface area (Å²) in [4.78, 5) is 26.2. The molecule has 1 aliphatic heterocycles. The molecule has 7 nitrogen and oxygen atoms in total. The van der Waals surface area contributed by atoms with E-state index in [4.69, 9.17) is 0 Å². The van der Waals surface area contributed by atoms with E-state index in [0.29, 0.717) is 18.7 Å². The van der Waals surface area contributed by atoms with E-state index in [1.54, 1.807) is 17.0 Å². The highest BCUT2D eigenvalue weighted by Gasteiger charge is 2.24. The minimum Gasteiger partial charge on any atom is -0.325 e. The molecule has 3 rings (SSSR count). The average Bonchev–Trinajstić information content (AvgIpc) is 3.07. The summed E-state index contributed by atoms with van der Waals surface area (Å²) in [5.74, 6) is -0.314. The number of carbonyl (C=O) groups excluding carboxylic acids is 2. The molecule has 1 N–H and O–H groups in total. The monoisotopic (exact) mass is 415 g/mol. The van der Waals surface area contributed by atoms with Gasteiger partial charge in [0.15, 0.2) is 0 Å². The van der Waals surface area contributed by atoms with Crippen molar-refractivity contribution in [3.63, 3.8) is 0 Å². The third kappa shape index (κ3) is 5.42. The third-order valence-corrected chi connectivity index (χ3v) is 6.03. The highest BCUT2D eigenvalue weighted by Crippen LogP contribution is 2.27. The molecule has 0 saturated carbocycles. The third-order valence-electron chi connectivity index (χ3n) is 4.84. The maximum absolute atomic E-state index is 12.5. The van der Waals surface area contributed by atoms with Crippen LogP contribution in [-0.4, -0.2) is 43.9 Å². The van der Waals surface area contributed by atoms with Crippen LogP contribution >= 0.6 is 0 Å². The van der Waals surface area contributed by atoms with Crippen molar-refractivity contribution in [2.45, 2.75) is 26.3 Å². The molecule has 8 heteroatoms. The Hall–Kier alpha value is -2.71. The van der Waals surface area contributed by atoms with E-state index >= 15 is 0 Å². The molecular formula is C21H25N3O4S. The van der Waals surface area contributed by atoms with E-state index < -0.39 is 15.9 Å². The topological polar surface area (TPSA) is 86.8 Å². The van der Waals surface area contributed by atoms with Crippen molar-refractivity contribution >= 4 is 33.2 Å². The molecule has 1 aliphatic rings. The fraction of sp³-hybridized carbons (Fsp3) is 0.333. The maximum atomic E-state index is 12.5. The summed E-state index contributed by atoms with van der Waals surface area (Å²) in [7, 11) is -3.55. The van der Waals surface area contributed by atoms with Gasteiger partial charge in [-0.3, -0.25) is 9.59 Å². The Labute approximate surface area is 171 Å². The lowest BCUT2D eigenvalue weighted by Crippen LogP contribution is -2.36. The minimum atomic E-state index is -3.55. The molecule has 29 heavy (non-hydrogen) atoms. The zero-order valence-electron chi connectivity index (χ0n) is 16.6. The molecule has 0 bridgehead atoms. The van der Waals surface area contributed by atoms with Crippen molar-refractivity contribution in [1.29, 1.82) is 0 Å². The van der Waals surface area contributed by atoms with E-state index in [0.717, 1.165) is 33.8 Å². The molecule has 154 valence electrons. The fourth-order valence-electron chi connectivity index (χ4n) is 3.38. The number of carbonyl (C=O) groups is 2. The standard InChI is InChI=1S/C21H25N3O4S/c1-16-13-18(10-11-19(16)24-12-6-9-21(24)26)22-20(25)15-23(29(2,27)28)14-17-7-4-3-5-8-17/h3-5,7-8,10-11,13H,6,9,12,14-15H2,1-2H3,(H,22,25). The Balaban J connectivity index is 1.68. The van der Waals surface area contributed by atoms with Crippen LogP contribution in [0.15, 0.2) is 48.5 Å². The highest BCUT2D eigenvalue weighted by atomic mass is 32.2. The van der Waals surface area contributed by atoms with E-state index in [9.17, 15) is 18.0 Å². The number of benzene rings is 2. The number of amides is 2. The Bertz CT molecular complexity index is 1010. The molecular weight excluding hydrogens is 390 g/mol. The number of sulfonamides is 1. The number of hydrogen-bond donors (Lipinski definition) is 1. The number of nitrogens with zero attached hydrogens (tertiary/aromatic N) is 2. The molecule has 2 aromatic rings. The lowest BCUT2D eigenvalue weighted by atomic mass is 10.1. The quantitative estimate of drug-likeness (QED) is 0.753. The fourth-order valence-corrected chi connectivity index (χ4v) is 4.11. The summed E-state index contributed by atoms with van der Waals surface area (Å²) in [6.45, 7) is 2.43. The zero-order valence-corrected chi connectivity index (χ0v) is 17.4. The van der Waals surface area contributed by atoms with Crippen molar-refractivity contribution in [3.8, 4) is 0 Å². The predicted octanol–water partition coefficient (Wildman–Crippen LogP) is 2.52. The predicted molar refractivity (Wildman–Crippen MR) is 113 cm³/mol.